The van der Waals surface area contributed by atoms with Crippen LogP contribution in [0, 0.1) is 0 Å². The molecule has 4 aromatic rings. The molecule has 0 unspecified atom stereocenters. The van der Waals surface area contributed by atoms with Gasteiger partial charge in [0.1, 0.15) is 23.3 Å². The molecule has 7 nitrogen and oxygen atoms in total. The number of hydrogen-bond donors (Lipinski definition) is 2. The standard InChI is InChI=1S/C22H20Cl2N4O3/c23-15-2-1-3-17(12-15)31-20-5-4-16(13-18(20)24)27-22-21-19(25-14-26-22)6-7-28(21)8-10-30-11-9-29/h1-7,12-14,29H,8-11H2,(H,25,26,27). The number of rotatable bonds is 9. The lowest BCUT2D eigenvalue weighted by molar-refractivity contribution is 0.0875. The smallest absolute Gasteiger partial charge is 0.158 e. The SMILES string of the molecule is OCCOCCn1ccc2ncnc(Nc3ccc(Oc4cccc(Cl)c4)c(Cl)c3)c21. The van der Waals surface area contributed by atoms with Gasteiger partial charge in [0.25, 0.3) is 0 Å². The quantitative estimate of drug-likeness (QED) is 0.332. The molecule has 2 aromatic heterocycles. The van der Waals surface area contributed by atoms with Crippen molar-refractivity contribution in [3.63, 3.8) is 0 Å². The Morgan fingerprint density at radius 1 is 1.03 bits per heavy atom. The number of halogens is 2. The highest BCUT2D eigenvalue weighted by Gasteiger charge is 2.11. The third-order valence-electron chi connectivity index (χ3n) is 4.48. The minimum atomic E-state index is 0.000123. The number of nitrogens with one attached hydrogen (secondary N) is 1. The molecular formula is C22H20Cl2N4O3. The van der Waals surface area contributed by atoms with Gasteiger partial charge in [0.2, 0.25) is 0 Å². The molecule has 2 N–H and O–H groups in total. The Labute approximate surface area is 189 Å². The number of aliphatic hydroxyl groups is 1. The first-order valence-corrected chi connectivity index (χ1v) is 10.4. The molecule has 0 fully saturated rings. The van der Waals surface area contributed by atoms with Crippen molar-refractivity contribution in [2.24, 2.45) is 0 Å². The first kappa shape index (κ1) is 21.4. The van der Waals surface area contributed by atoms with Crippen molar-refractivity contribution in [1.82, 2.24) is 14.5 Å². The summed E-state index contributed by atoms with van der Waals surface area (Å²) < 4.78 is 13.2. The molecule has 0 radical (unpaired) electrons. The Morgan fingerprint density at radius 3 is 2.74 bits per heavy atom. The van der Waals surface area contributed by atoms with Gasteiger partial charge in [-0.05, 0) is 42.5 Å². The highest BCUT2D eigenvalue weighted by molar-refractivity contribution is 6.32. The van der Waals surface area contributed by atoms with Crippen LogP contribution in [0.2, 0.25) is 10.0 Å². The van der Waals surface area contributed by atoms with E-state index in [4.69, 9.17) is 37.8 Å². The first-order valence-electron chi connectivity index (χ1n) is 9.62. The molecule has 0 saturated heterocycles. The third kappa shape index (κ3) is 5.26. The highest BCUT2D eigenvalue weighted by Crippen LogP contribution is 2.34. The average Bonchev–Trinajstić information content (AvgIpc) is 3.17. The predicted octanol–water partition coefficient (Wildman–Crippen LogP) is 5.28. The summed E-state index contributed by atoms with van der Waals surface area (Å²) in [6.45, 7) is 1.39. The Morgan fingerprint density at radius 2 is 1.94 bits per heavy atom. The summed E-state index contributed by atoms with van der Waals surface area (Å²) in [5.74, 6) is 1.78. The van der Waals surface area contributed by atoms with Crippen molar-refractivity contribution in [1.29, 1.82) is 0 Å². The van der Waals surface area contributed by atoms with E-state index in [1.807, 2.05) is 35.0 Å². The highest BCUT2D eigenvalue weighted by atomic mass is 35.5. The summed E-state index contributed by atoms with van der Waals surface area (Å²) in [4.78, 5) is 8.72. The van der Waals surface area contributed by atoms with Gasteiger partial charge in [-0.3, -0.25) is 0 Å². The zero-order valence-corrected chi connectivity index (χ0v) is 18.0. The molecule has 0 atom stereocenters. The van der Waals surface area contributed by atoms with Crippen molar-refractivity contribution in [3.8, 4) is 11.5 Å². The summed E-state index contributed by atoms with van der Waals surface area (Å²) >= 11 is 12.4. The number of hydrogen-bond acceptors (Lipinski definition) is 6. The van der Waals surface area contributed by atoms with Gasteiger partial charge in [-0.1, -0.05) is 29.3 Å². The van der Waals surface area contributed by atoms with E-state index in [-0.39, 0.29) is 6.61 Å². The fraction of sp³-hybridized carbons (Fsp3) is 0.182. The molecule has 0 bridgehead atoms. The van der Waals surface area contributed by atoms with E-state index in [9.17, 15) is 0 Å². The first-order chi connectivity index (χ1) is 15.1. The number of aromatic nitrogens is 3. The molecule has 0 aliphatic rings. The number of nitrogens with zero attached hydrogens (tertiary/aromatic N) is 3. The van der Waals surface area contributed by atoms with Crippen LogP contribution in [0.1, 0.15) is 0 Å². The summed E-state index contributed by atoms with van der Waals surface area (Å²) in [6, 6.07) is 14.5. The Hall–Kier alpha value is -2.84. The number of fused-ring (bicyclic) bond motifs is 1. The van der Waals surface area contributed by atoms with Crippen LogP contribution in [-0.4, -0.2) is 39.5 Å². The Kier molecular flexibility index (Phi) is 6.89. The topological polar surface area (TPSA) is 81.4 Å². The molecule has 4 rings (SSSR count). The second-order valence-corrected chi connectivity index (χ2v) is 7.47. The van der Waals surface area contributed by atoms with Gasteiger partial charge in [0, 0.05) is 23.5 Å². The van der Waals surface area contributed by atoms with Crippen molar-refractivity contribution in [2.75, 3.05) is 25.1 Å². The minimum Gasteiger partial charge on any atom is -0.456 e. The van der Waals surface area contributed by atoms with Crippen molar-refractivity contribution < 1.29 is 14.6 Å². The molecule has 0 saturated carbocycles. The largest absolute Gasteiger partial charge is 0.456 e. The van der Waals surface area contributed by atoms with Gasteiger partial charge >= 0.3 is 0 Å². The summed E-state index contributed by atoms with van der Waals surface area (Å²) in [7, 11) is 0. The fourth-order valence-corrected chi connectivity index (χ4v) is 3.49. The van der Waals surface area contributed by atoms with Gasteiger partial charge < -0.3 is 24.5 Å². The van der Waals surface area contributed by atoms with Gasteiger partial charge in [-0.15, -0.1) is 0 Å². The van der Waals surface area contributed by atoms with E-state index < -0.39 is 0 Å². The van der Waals surface area contributed by atoms with E-state index in [0.717, 1.165) is 16.7 Å². The molecule has 0 amide bonds. The lowest BCUT2D eigenvalue weighted by atomic mass is 10.3. The lowest BCUT2D eigenvalue weighted by Gasteiger charge is -2.13. The van der Waals surface area contributed by atoms with E-state index in [1.54, 1.807) is 24.3 Å². The molecule has 2 heterocycles. The second-order valence-electron chi connectivity index (χ2n) is 6.63. The molecule has 160 valence electrons. The van der Waals surface area contributed by atoms with Gasteiger partial charge in [-0.2, -0.15) is 0 Å². The van der Waals surface area contributed by atoms with E-state index in [0.29, 0.717) is 47.1 Å². The van der Waals surface area contributed by atoms with Crippen molar-refractivity contribution >= 4 is 45.7 Å². The zero-order chi connectivity index (χ0) is 21.6. The summed E-state index contributed by atoms with van der Waals surface area (Å²) in [5.41, 5.74) is 2.42. The number of ether oxygens (including phenoxy) is 2. The van der Waals surface area contributed by atoms with Crippen LogP contribution in [0.5, 0.6) is 11.5 Å². The van der Waals surface area contributed by atoms with E-state index in [1.165, 1.54) is 6.33 Å². The maximum atomic E-state index is 8.85. The average molecular weight is 459 g/mol. The van der Waals surface area contributed by atoms with Gasteiger partial charge in [0.15, 0.2) is 5.82 Å². The number of aliphatic hydroxyl groups excluding tert-OH is 1. The van der Waals surface area contributed by atoms with E-state index >= 15 is 0 Å². The Bertz CT molecular complexity index is 1180. The number of anilines is 2. The predicted molar refractivity (Wildman–Crippen MR) is 122 cm³/mol. The van der Waals surface area contributed by atoms with Gasteiger partial charge in [-0.25, -0.2) is 9.97 Å². The Balaban J connectivity index is 1.53. The summed E-state index contributed by atoms with van der Waals surface area (Å²) in [6.07, 6.45) is 3.44. The van der Waals surface area contributed by atoms with Crippen molar-refractivity contribution in [2.45, 2.75) is 6.54 Å². The van der Waals surface area contributed by atoms with Crippen molar-refractivity contribution in [3.05, 3.63) is 71.1 Å². The second kappa shape index (κ2) is 9.98. The molecule has 0 aliphatic heterocycles. The minimum absolute atomic E-state index is 0.000123. The maximum Gasteiger partial charge on any atom is 0.158 e. The molecule has 2 aromatic carbocycles. The molecule has 0 aliphatic carbocycles. The van der Waals surface area contributed by atoms with Crippen LogP contribution in [-0.2, 0) is 11.3 Å². The fourth-order valence-electron chi connectivity index (χ4n) is 3.10. The van der Waals surface area contributed by atoms with Crippen LogP contribution in [0.3, 0.4) is 0 Å². The van der Waals surface area contributed by atoms with Crippen LogP contribution in [0.4, 0.5) is 11.5 Å². The summed E-state index contributed by atoms with van der Waals surface area (Å²) in [5, 5.41) is 13.2. The molecule has 31 heavy (non-hydrogen) atoms. The van der Waals surface area contributed by atoms with Gasteiger partial charge in [0.05, 0.1) is 30.4 Å². The van der Waals surface area contributed by atoms with E-state index in [2.05, 4.69) is 15.3 Å². The number of benzene rings is 2. The van der Waals surface area contributed by atoms with Crippen LogP contribution >= 0.6 is 23.2 Å². The van der Waals surface area contributed by atoms with Crippen LogP contribution in [0.25, 0.3) is 11.0 Å². The van der Waals surface area contributed by atoms with Crippen LogP contribution < -0.4 is 10.1 Å². The normalized spacial score (nSPS) is 11.1. The third-order valence-corrected chi connectivity index (χ3v) is 5.01. The molecule has 0 spiro atoms. The zero-order valence-electron chi connectivity index (χ0n) is 16.5. The monoisotopic (exact) mass is 458 g/mol. The molecule has 9 heteroatoms. The maximum absolute atomic E-state index is 8.85. The molecular weight excluding hydrogens is 439 g/mol. The van der Waals surface area contributed by atoms with Crippen LogP contribution in [0.15, 0.2) is 61.1 Å². The lowest BCUT2D eigenvalue weighted by Crippen LogP contribution is -2.09.